The van der Waals surface area contributed by atoms with E-state index in [1.165, 1.54) is 0 Å². The molecule has 1 atom stereocenters. The average Bonchev–Trinajstić information content (AvgIpc) is 2.46. The third kappa shape index (κ3) is 2.83. The van der Waals surface area contributed by atoms with Crippen LogP contribution < -0.4 is 10.6 Å². The van der Waals surface area contributed by atoms with E-state index in [1.54, 1.807) is 12.3 Å². The van der Waals surface area contributed by atoms with Crippen molar-refractivity contribution < 1.29 is 0 Å². The minimum atomic E-state index is 0.156. The first-order valence-electron chi connectivity index (χ1n) is 6.06. The van der Waals surface area contributed by atoms with E-state index >= 15 is 0 Å². The molecule has 2 aromatic rings. The Balaban J connectivity index is 2.23. The highest BCUT2D eigenvalue weighted by molar-refractivity contribution is 5.47. The summed E-state index contributed by atoms with van der Waals surface area (Å²) in [5.41, 5.74) is 8.25. The van der Waals surface area contributed by atoms with Crippen LogP contribution in [0, 0.1) is 11.3 Å². The molecule has 4 nitrogen and oxygen atoms in total. The largest absolute Gasteiger partial charge is 0.399 e. The molecular formula is C15H16N4. The van der Waals surface area contributed by atoms with Gasteiger partial charge in [-0.15, -0.1) is 0 Å². The number of anilines is 2. The molecule has 0 saturated heterocycles. The molecule has 0 fully saturated rings. The number of nitrogen functional groups attached to an aromatic ring is 1. The van der Waals surface area contributed by atoms with Crippen molar-refractivity contribution in [1.82, 2.24) is 4.98 Å². The number of nitrogens with two attached hydrogens (primary N) is 1. The molecule has 0 bridgehead atoms. The standard InChI is InChI=1S/C15H16N4/c1-11(13-4-3-5-14(17)8-13)19(2)15-7-6-12(9-16)10-18-15/h3-8,10-11H,17H2,1-2H3. The lowest BCUT2D eigenvalue weighted by Gasteiger charge is -2.26. The molecule has 1 aromatic carbocycles. The summed E-state index contributed by atoms with van der Waals surface area (Å²) in [5, 5.41) is 8.77. The maximum absolute atomic E-state index is 8.77. The van der Waals surface area contributed by atoms with Crippen LogP contribution in [-0.2, 0) is 0 Å². The summed E-state index contributed by atoms with van der Waals surface area (Å²) in [7, 11) is 1.97. The molecule has 1 unspecified atom stereocenters. The van der Waals surface area contributed by atoms with E-state index in [4.69, 9.17) is 11.0 Å². The smallest absolute Gasteiger partial charge is 0.128 e. The van der Waals surface area contributed by atoms with Crippen molar-refractivity contribution in [1.29, 1.82) is 5.26 Å². The first-order chi connectivity index (χ1) is 9.11. The molecule has 0 saturated carbocycles. The topological polar surface area (TPSA) is 65.9 Å². The molecule has 19 heavy (non-hydrogen) atoms. The molecule has 0 radical (unpaired) electrons. The van der Waals surface area contributed by atoms with E-state index in [-0.39, 0.29) is 6.04 Å². The maximum Gasteiger partial charge on any atom is 0.128 e. The van der Waals surface area contributed by atoms with Crippen LogP contribution in [0.1, 0.15) is 24.1 Å². The number of nitrogens with zero attached hydrogens (tertiary/aromatic N) is 3. The number of aromatic nitrogens is 1. The van der Waals surface area contributed by atoms with Gasteiger partial charge in [-0.1, -0.05) is 12.1 Å². The molecular weight excluding hydrogens is 236 g/mol. The summed E-state index contributed by atoms with van der Waals surface area (Å²) >= 11 is 0. The third-order valence-corrected chi connectivity index (χ3v) is 3.21. The van der Waals surface area contributed by atoms with Crippen LogP contribution >= 0.6 is 0 Å². The highest BCUT2D eigenvalue weighted by atomic mass is 15.2. The van der Waals surface area contributed by atoms with Gasteiger partial charge in [0.25, 0.3) is 0 Å². The summed E-state index contributed by atoms with van der Waals surface area (Å²) in [4.78, 5) is 6.34. The fraction of sp³-hybridized carbons (Fsp3) is 0.200. The van der Waals surface area contributed by atoms with Gasteiger partial charge < -0.3 is 10.6 Å². The van der Waals surface area contributed by atoms with Crippen molar-refractivity contribution in [2.75, 3.05) is 17.7 Å². The molecule has 0 amide bonds. The number of hydrogen-bond donors (Lipinski definition) is 1. The summed E-state index contributed by atoms with van der Waals surface area (Å²) < 4.78 is 0. The van der Waals surface area contributed by atoms with E-state index in [9.17, 15) is 0 Å². The first-order valence-corrected chi connectivity index (χ1v) is 6.06. The van der Waals surface area contributed by atoms with Crippen molar-refractivity contribution in [3.05, 3.63) is 53.7 Å². The molecule has 0 aliphatic carbocycles. The van der Waals surface area contributed by atoms with Crippen LogP contribution in [0.4, 0.5) is 11.5 Å². The van der Waals surface area contributed by atoms with E-state index in [0.29, 0.717) is 5.56 Å². The van der Waals surface area contributed by atoms with Gasteiger partial charge in [-0.2, -0.15) is 5.26 Å². The Morgan fingerprint density at radius 1 is 1.32 bits per heavy atom. The predicted octanol–water partition coefficient (Wildman–Crippen LogP) is 2.73. The zero-order valence-electron chi connectivity index (χ0n) is 11.0. The Morgan fingerprint density at radius 2 is 2.11 bits per heavy atom. The molecule has 0 spiro atoms. The average molecular weight is 252 g/mol. The number of pyridine rings is 1. The molecule has 0 aliphatic heterocycles. The number of hydrogen-bond acceptors (Lipinski definition) is 4. The normalized spacial score (nSPS) is 11.6. The zero-order chi connectivity index (χ0) is 13.8. The number of nitriles is 1. The molecule has 1 heterocycles. The lowest BCUT2D eigenvalue weighted by Crippen LogP contribution is -2.22. The van der Waals surface area contributed by atoms with Gasteiger partial charge in [0.05, 0.1) is 11.6 Å². The highest BCUT2D eigenvalue weighted by Crippen LogP contribution is 2.24. The number of benzene rings is 1. The summed E-state index contributed by atoms with van der Waals surface area (Å²) in [5.74, 6) is 0.828. The number of rotatable bonds is 3. The SMILES string of the molecule is CC(c1cccc(N)c1)N(C)c1ccc(C#N)cn1. The van der Waals surface area contributed by atoms with E-state index < -0.39 is 0 Å². The minimum Gasteiger partial charge on any atom is -0.399 e. The molecule has 96 valence electrons. The minimum absolute atomic E-state index is 0.156. The fourth-order valence-corrected chi connectivity index (χ4v) is 1.90. The van der Waals surface area contributed by atoms with E-state index in [0.717, 1.165) is 17.1 Å². The van der Waals surface area contributed by atoms with Crippen LogP contribution in [0.5, 0.6) is 0 Å². The summed E-state index contributed by atoms with van der Waals surface area (Å²) in [6.07, 6.45) is 1.58. The Hall–Kier alpha value is -2.54. The van der Waals surface area contributed by atoms with Crippen LogP contribution in [0.15, 0.2) is 42.6 Å². The van der Waals surface area contributed by atoms with Crippen molar-refractivity contribution in [3.8, 4) is 6.07 Å². The lowest BCUT2D eigenvalue weighted by atomic mass is 10.1. The maximum atomic E-state index is 8.77. The van der Waals surface area contributed by atoms with Gasteiger partial charge in [-0.3, -0.25) is 0 Å². The Labute approximate surface area is 113 Å². The predicted molar refractivity (Wildman–Crippen MR) is 76.6 cm³/mol. The summed E-state index contributed by atoms with van der Waals surface area (Å²) in [6, 6.07) is 13.7. The second-order valence-electron chi connectivity index (χ2n) is 4.47. The first kappa shape index (κ1) is 12.9. The molecule has 1 aromatic heterocycles. The summed E-state index contributed by atoms with van der Waals surface area (Å²) in [6.45, 7) is 2.09. The highest BCUT2D eigenvalue weighted by Gasteiger charge is 2.13. The Bertz CT molecular complexity index is 598. The van der Waals surface area contributed by atoms with Crippen molar-refractivity contribution in [2.24, 2.45) is 0 Å². The van der Waals surface area contributed by atoms with Gasteiger partial charge >= 0.3 is 0 Å². The van der Waals surface area contributed by atoms with Gasteiger partial charge in [-0.25, -0.2) is 4.98 Å². The zero-order valence-corrected chi connectivity index (χ0v) is 11.0. The van der Waals surface area contributed by atoms with Gasteiger partial charge in [0.1, 0.15) is 11.9 Å². The van der Waals surface area contributed by atoms with Gasteiger partial charge in [0.2, 0.25) is 0 Å². The molecule has 0 aliphatic rings. The second-order valence-corrected chi connectivity index (χ2v) is 4.47. The van der Waals surface area contributed by atoms with Crippen LogP contribution in [0.2, 0.25) is 0 Å². The van der Waals surface area contributed by atoms with Crippen LogP contribution in [-0.4, -0.2) is 12.0 Å². The van der Waals surface area contributed by atoms with Gasteiger partial charge in [0, 0.05) is 18.9 Å². The molecule has 4 heteroatoms. The van der Waals surface area contributed by atoms with E-state index in [1.807, 2.05) is 37.4 Å². The third-order valence-electron chi connectivity index (χ3n) is 3.21. The van der Waals surface area contributed by atoms with Crippen LogP contribution in [0.3, 0.4) is 0 Å². The van der Waals surface area contributed by atoms with Crippen LogP contribution in [0.25, 0.3) is 0 Å². The lowest BCUT2D eigenvalue weighted by molar-refractivity contribution is 0.729. The van der Waals surface area contributed by atoms with Crippen molar-refractivity contribution >= 4 is 11.5 Å². The fourth-order valence-electron chi connectivity index (χ4n) is 1.90. The monoisotopic (exact) mass is 252 g/mol. The van der Waals surface area contributed by atoms with E-state index in [2.05, 4.69) is 22.9 Å². The quantitative estimate of drug-likeness (QED) is 0.853. The molecule has 2 N–H and O–H groups in total. The van der Waals surface area contributed by atoms with Gasteiger partial charge in [0.15, 0.2) is 0 Å². The van der Waals surface area contributed by atoms with Crippen molar-refractivity contribution in [2.45, 2.75) is 13.0 Å². The Morgan fingerprint density at radius 3 is 2.68 bits per heavy atom. The Kier molecular flexibility index (Phi) is 3.67. The second kappa shape index (κ2) is 5.40. The van der Waals surface area contributed by atoms with Gasteiger partial charge in [-0.05, 0) is 36.8 Å². The molecule has 2 rings (SSSR count). The van der Waals surface area contributed by atoms with Crippen molar-refractivity contribution in [3.63, 3.8) is 0 Å².